The summed E-state index contributed by atoms with van der Waals surface area (Å²) in [7, 11) is -6.07. The average molecular weight is 627 g/mol. The Hall–Kier alpha value is -2.48. The Bertz CT molecular complexity index is 1350. The summed E-state index contributed by atoms with van der Waals surface area (Å²) < 4.78 is 34.5. The first-order valence-corrected chi connectivity index (χ1v) is 16.7. The van der Waals surface area contributed by atoms with Crippen LogP contribution >= 0.6 is 30.2 Å². The number of hydrogen-bond donors (Lipinski definition) is 4. The van der Waals surface area contributed by atoms with Crippen LogP contribution in [0.2, 0.25) is 0 Å². The molecule has 0 saturated carbocycles. The topological polar surface area (TPSA) is 153 Å². The lowest BCUT2D eigenvalue weighted by Crippen LogP contribution is -2.27. The lowest BCUT2D eigenvalue weighted by atomic mass is 9.88. The molecule has 12 heteroatoms. The summed E-state index contributed by atoms with van der Waals surface area (Å²) in [6.07, 6.45) is 3.00. The largest absolute Gasteiger partial charge is 0.526 e. The zero-order valence-corrected chi connectivity index (χ0v) is 23.8. The molecule has 0 aliphatic heterocycles. The predicted molar refractivity (Wildman–Crippen MR) is 167 cm³/mol. The summed E-state index contributed by atoms with van der Waals surface area (Å²) in [6.45, 7) is 6.85. The normalized spacial score (nSPS) is 10.5. The van der Waals surface area contributed by atoms with Crippen molar-refractivity contribution in [3.8, 4) is 11.3 Å². The highest BCUT2D eigenvalue weighted by atomic mass is 79.9. The van der Waals surface area contributed by atoms with E-state index in [2.05, 4.69) is 20.3 Å². The van der Waals surface area contributed by atoms with Gasteiger partial charge >= 0.3 is 7.12 Å². The molecule has 0 saturated heterocycles. The van der Waals surface area contributed by atoms with Crippen molar-refractivity contribution in [3.05, 3.63) is 77.7 Å². The molecule has 2 heterocycles. The van der Waals surface area contributed by atoms with Crippen LogP contribution in [0.15, 0.2) is 86.5 Å². The fourth-order valence-corrected chi connectivity index (χ4v) is 5.86. The SMILES string of the molecule is C.C.CP(C)(=O)c1cc(-c2ccco2)ccc1N.CP(C)(=O)c1cc(Br)ccc1N.OB(O)c1ccco1. The van der Waals surface area contributed by atoms with Crippen LogP contribution in [-0.2, 0) is 9.13 Å². The molecule has 2 aromatic heterocycles. The van der Waals surface area contributed by atoms with E-state index < -0.39 is 21.4 Å². The van der Waals surface area contributed by atoms with Crippen LogP contribution < -0.4 is 27.7 Å². The molecular formula is C26H38BBrN2O6P2. The predicted octanol–water partition coefficient (Wildman–Crippen LogP) is 5.29. The molecule has 208 valence electrons. The van der Waals surface area contributed by atoms with E-state index >= 15 is 0 Å². The van der Waals surface area contributed by atoms with E-state index in [-0.39, 0.29) is 20.5 Å². The fourth-order valence-electron chi connectivity index (χ4n) is 3.03. The highest BCUT2D eigenvalue weighted by Gasteiger charge is 2.16. The molecule has 0 radical (unpaired) electrons. The molecule has 4 rings (SSSR count). The van der Waals surface area contributed by atoms with Gasteiger partial charge in [0.1, 0.15) is 25.7 Å². The number of hydrogen-bond acceptors (Lipinski definition) is 8. The first-order chi connectivity index (χ1) is 16.7. The highest BCUT2D eigenvalue weighted by Crippen LogP contribution is 2.39. The Balaban J connectivity index is 0.000000555. The maximum absolute atomic E-state index is 12.0. The van der Waals surface area contributed by atoms with Crippen molar-refractivity contribution in [2.75, 3.05) is 38.1 Å². The quantitative estimate of drug-likeness (QED) is 0.135. The number of anilines is 2. The summed E-state index contributed by atoms with van der Waals surface area (Å²) in [6, 6.07) is 17.7. The van der Waals surface area contributed by atoms with Gasteiger partial charge in [0.05, 0.1) is 12.5 Å². The smallest absolute Gasteiger partial charge is 0.473 e. The maximum atomic E-state index is 12.0. The molecule has 0 unspecified atom stereocenters. The third-order valence-electron chi connectivity index (χ3n) is 4.79. The van der Waals surface area contributed by atoms with E-state index in [9.17, 15) is 9.13 Å². The van der Waals surface area contributed by atoms with E-state index in [1.54, 1.807) is 51.1 Å². The van der Waals surface area contributed by atoms with Gasteiger partial charge < -0.3 is 39.5 Å². The van der Waals surface area contributed by atoms with Gasteiger partial charge in [0, 0.05) is 32.0 Å². The van der Waals surface area contributed by atoms with Crippen LogP contribution in [0, 0.1) is 0 Å². The van der Waals surface area contributed by atoms with Crippen LogP contribution in [0.4, 0.5) is 11.4 Å². The van der Waals surface area contributed by atoms with Crippen molar-refractivity contribution in [3.63, 3.8) is 0 Å². The van der Waals surface area contributed by atoms with E-state index in [0.29, 0.717) is 16.7 Å². The van der Waals surface area contributed by atoms with Crippen LogP contribution in [0.5, 0.6) is 0 Å². The zero-order chi connectivity index (χ0) is 27.1. The molecule has 8 nitrogen and oxygen atoms in total. The molecule has 0 bridgehead atoms. The van der Waals surface area contributed by atoms with Gasteiger partial charge in [-0.05, 0) is 87.3 Å². The van der Waals surface area contributed by atoms with Crippen LogP contribution in [-0.4, -0.2) is 43.8 Å². The molecule has 0 spiro atoms. The number of nitrogens with two attached hydrogens (primary N) is 2. The summed E-state index contributed by atoms with van der Waals surface area (Å²) in [5.41, 5.74) is 13.8. The van der Waals surface area contributed by atoms with Gasteiger partial charge in [-0.15, -0.1) is 0 Å². The Morgan fingerprint density at radius 3 is 1.66 bits per heavy atom. The number of benzene rings is 2. The summed E-state index contributed by atoms with van der Waals surface area (Å²) in [5, 5.41) is 18.2. The molecular weight excluding hydrogens is 589 g/mol. The lowest BCUT2D eigenvalue weighted by Gasteiger charge is -2.11. The molecule has 0 fully saturated rings. The summed E-state index contributed by atoms with van der Waals surface area (Å²) >= 11 is 3.31. The fraction of sp³-hybridized carbons (Fsp3) is 0.231. The van der Waals surface area contributed by atoms with Crippen LogP contribution in [0.3, 0.4) is 0 Å². The van der Waals surface area contributed by atoms with Crippen molar-refractivity contribution in [2.45, 2.75) is 14.9 Å². The van der Waals surface area contributed by atoms with Crippen LogP contribution in [0.1, 0.15) is 14.9 Å². The Labute approximate surface area is 234 Å². The molecule has 0 amide bonds. The summed E-state index contributed by atoms with van der Waals surface area (Å²) in [5.74, 6) is 0.759. The first kappa shape index (κ1) is 35.5. The third-order valence-corrected chi connectivity index (χ3v) is 8.38. The van der Waals surface area contributed by atoms with Gasteiger partial charge in [0.15, 0.2) is 0 Å². The van der Waals surface area contributed by atoms with Gasteiger partial charge in [-0.3, -0.25) is 0 Å². The molecule has 0 atom stereocenters. The Morgan fingerprint density at radius 2 is 1.26 bits per heavy atom. The molecule has 0 aliphatic carbocycles. The maximum Gasteiger partial charge on any atom is 0.526 e. The summed E-state index contributed by atoms with van der Waals surface area (Å²) in [4.78, 5) is 0. The van der Waals surface area contributed by atoms with Crippen LogP contribution in [0.25, 0.3) is 11.3 Å². The Morgan fingerprint density at radius 1 is 0.763 bits per heavy atom. The minimum Gasteiger partial charge on any atom is -0.473 e. The number of furan rings is 2. The van der Waals surface area contributed by atoms with E-state index in [0.717, 1.165) is 21.1 Å². The minimum absolute atomic E-state index is 0. The van der Waals surface area contributed by atoms with E-state index in [1.165, 1.54) is 12.3 Å². The molecule has 4 aromatic rings. The number of nitrogen functional groups attached to an aromatic ring is 2. The molecule has 0 aliphatic rings. The number of halogens is 1. The monoisotopic (exact) mass is 626 g/mol. The second kappa shape index (κ2) is 15.2. The second-order valence-electron chi connectivity index (χ2n) is 8.54. The standard InChI is InChI=1S/C12H14NO2P.C8H11BrNOP.C4H5BO3.2CH4/c1-16(2,14)12-8-9(5-6-10(12)13)11-4-3-7-15-11;1-12(2,11)8-5-6(9)3-4-7(8)10;6-5(7)4-2-1-3-8-4;;/h3-8H,13H2,1-2H3;3-5H,10H2,1-2H3;1-3,6-7H;2*1H4. The van der Waals surface area contributed by atoms with Crippen molar-refractivity contribution < 1.29 is 28.0 Å². The molecule has 2 aromatic carbocycles. The Kier molecular flexibility index (Phi) is 14.2. The van der Waals surface area contributed by atoms with Gasteiger partial charge in [-0.25, -0.2) is 0 Å². The van der Waals surface area contributed by atoms with Gasteiger partial charge in [-0.1, -0.05) is 30.8 Å². The van der Waals surface area contributed by atoms with E-state index in [4.69, 9.17) is 25.9 Å². The van der Waals surface area contributed by atoms with Gasteiger partial charge in [0.25, 0.3) is 0 Å². The molecule has 6 N–H and O–H groups in total. The van der Waals surface area contributed by atoms with Gasteiger partial charge in [0.2, 0.25) is 0 Å². The van der Waals surface area contributed by atoms with Crippen molar-refractivity contribution in [1.29, 1.82) is 0 Å². The third kappa shape index (κ3) is 10.7. The van der Waals surface area contributed by atoms with Crippen molar-refractivity contribution >= 4 is 65.0 Å². The minimum atomic E-state index is -2.35. The molecule has 38 heavy (non-hydrogen) atoms. The van der Waals surface area contributed by atoms with Gasteiger partial charge in [-0.2, -0.15) is 0 Å². The first-order valence-electron chi connectivity index (χ1n) is 10.7. The van der Waals surface area contributed by atoms with E-state index in [1.807, 2.05) is 36.4 Å². The lowest BCUT2D eigenvalue weighted by molar-refractivity contribution is 0.409. The highest BCUT2D eigenvalue weighted by molar-refractivity contribution is 9.10. The van der Waals surface area contributed by atoms with Crippen molar-refractivity contribution in [1.82, 2.24) is 0 Å². The zero-order valence-electron chi connectivity index (χ0n) is 20.5. The second-order valence-corrected chi connectivity index (χ2v) is 15.8. The average Bonchev–Trinajstić information content (AvgIpc) is 3.50. The van der Waals surface area contributed by atoms with Crippen molar-refractivity contribution in [2.24, 2.45) is 0 Å². The number of rotatable bonds is 4.